The number of imide groups is 2. The fourth-order valence-corrected chi connectivity index (χ4v) is 3.39. The second-order valence-corrected chi connectivity index (χ2v) is 7.41. The van der Waals surface area contributed by atoms with Crippen LogP contribution in [0.2, 0.25) is 0 Å². The lowest BCUT2D eigenvalue weighted by Gasteiger charge is -2.19. The molecular weight excluding hydrogens is 354 g/mol. The van der Waals surface area contributed by atoms with Crippen LogP contribution in [0.4, 0.5) is 4.79 Å². The number of urea groups is 1. The van der Waals surface area contributed by atoms with E-state index in [1.54, 1.807) is 0 Å². The van der Waals surface area contributed by atoms with Gasteiger partial charge in [0.1, 0.15) is 6.54 Å². The molecule has 1 heterocycles. The lowest BCUT2D eigenvalue weighted by atomic mass is 9.81. The zero-order chi connectivity index (χ0) is 20.0. The quantitative estimate of drug-likeness (QED) is 0.491. The first-order chi connectivity index (χ1) is 12.8. The van der Waals surface area contributed by atoms with Gasteiger partial charge in [-0.1, -0.05) is 26.7 Å². The van der Waals surface area contributed by atoms with E-state index in [0.717, 1.165) is 24.2 Å². The van der Waals surface area contributed by atoms with E-state index in [-0.39, 0.29) is 23.7 Å². The Balaban J connectivity index is 1.71. The molecule has 2 fully saturated rings. The minimum atomic E-state index is -0.856. The Labute approximate surface area is 158 Å². The molecule has 0 aromatic rings. The Morgan fingerprint density at radius 1 is 1.11 bits per heavy atom. The highest BCUT2D eigenvalue weighted by molar-refractivity contribution is 6.07. The minimum Gasteiger partial charge on any atom is -0.454 e. The zero-order valence-corrected chi connectivity index (χ0v) is 15.8. The van der Waals surface area contributed by atoms with Gasteiger partial charge in [-0.3, -0.25) is 29.4 Å². The molecule has 150 valence electrons. The van der Waals surface area contributed by atoms with Crippen LogP contribution >= 0.6 is 0 Å². The molecule has 2 aliphatic rings. The predicted molar refractivity (Wildman–Crippen MR) is 94.1 cm³/mol. The maximum Gasteiger partial charge on any atom is 0.326 e. The summed E-state index contributed by atoms with van der Waals surface area (Å²) in [5.74, 6) is -2.56. The molecule has 0 aromatic heterocycles. The molecular formula is C18H27N3O6. The molecule has 0 spiro atoms. The molecule has 27 heavy (non-hydrogen) atoms. The number of hydrogen-bond donors (Lipinski definition) is 2. The van der Waals surface area contributed by atoms with Crippen LogP contribution in [0.15, 0.2) is 0 Å². The van der Waals surface area contributed by atoms with E-state index < -0.39 is 31.1 Å². The molecule has 1 saturated heterocycles. The van der Waals surface area contributed by atoms with Crippen molar-refractivity contribution in [3.63, 3.8) is 0 Å². The Morgan fingerprint density at radius 3 is 2.26 bits per heavy atom. The average Bonchev–Trinajstić information content (AvgIpc) is 2.85. The number of likely N-dealkylation sites (tertiary alicyclic amines) is 1. The Morgan fingerprint density at radius 2 is 1.70 bits per heavy atom. The molecule has 9 nitrogen and oxygen atoms in total. The number of carbonyl (C=O) groups is 5. The van der Waals surface area contributed by atoms with E-state index in [0.29, 0.717) is 25.3 Å². The van der Waals surface area contributed by atoms with Crippen LogP contribution in [0.1, 0.15) is 46.0 Å². The monoisotopic (exact) mass is 381 g/mol. The summed E-state index contributed by atoms with van der Waals surface area (Å²) >= 11 is 0. The largest absolute Gasteiger partial charge is 0.454 e. The van der Waals surface area contributed by atoms with Crippen LogP contribution in [0, 0.1) is 17.8 Å². The summed E-state index contributed by atoms with van der Waals surface area (Å²) in [6.07, 6.45) is 3.90. The van der Waals surface area contributed by atoms with Gasteiger partial charge in [0.05, 0.1) is 11.8 Å². The van der Waals surface area contributed by atoms with Crippen molar-refractivity contribution in [2.75, 3.05) is 19.7 Å². The van der Waals surface area contributed by atoms with Gasteiger partial charge in [-0.15, -0.1) is 0 Å². The van der Waals surface area contributed by atoms with Crippen molar-refractivity contribution in [2.24, 2.45) is 17.8 Å². The van der Waals surface area contributed by atoms with Gasteiger partial charge in [0.15, 0.2) is 6.61 Å². The van der Waals surface area contributed by atoms with Crippen molar-refractivity contribution < 1.29 is 28.7 Å². The van der Waals surface area contributed by atoms with Crippen LogP contribution < -0.4 is 10.6 Å². The molecule has 1 aliphatic carbocycles. The molecule has 1 saturated carbocycles. The molecule has 0 aromatic carbocycles. The molecule has 2 N–H and O–H groups in total. The van der Waals surface area contributed by atoms with E-state index in [2.05, 4.69) is 5.32 Å². The fourth-order valence-electron chi connectivity index (χ4n) is 3.39. The summed E-state index contributed by atoms with van der Waals surface area (Å²) in [5, 5.41) is 4.57. The standard InChI is InChI=1S/C18H27N3O6/c1-11(2)7-8-19-18(26)20-14(22)10-27-15(23)9-21-16(24)12-5-3-4-6-13(12)17(21)25/h11-13H,3-10H2,1-2H3,(H2,19,20,22,26)/t12-,13-/m1/s1. The van der Waals surface area contributed by atoms with Crippen LogP contribution in [-0.2, 0) is 23.9 Å². The third kappa shape index (κ3) is 5.77. The summed E-state index contributed by atoms with van der Waals surface area (Å²) in [7, 11) is 0. The third-order valence-electron chi connectivity index (χ3n) is 4.84. The zero-order valence-electron chi connectivity index (χ0n) is 15.8. The summed E-state index contributed by atoms with van der Waals surface area (Å²) in [6.45, 7) is 3.29. The first-order valence-corrected chi connectivity index (χ1v) is 9.38. The van der Waals surface area contributed by atoms with Crippen LogP contribution in [0.25, 0.3) is 0 Å². The molecule has 9 heteroatoms. The second-order valence-electron chi connectivity index (χ2n) is 7.41. The van der Waals surface area contributed by atoms with Crippen LogP contribution in [-0.4, -0.2) is 54.3 Å². The van der Waals surface area contributed by atoms with Crippen molar-refractivity contribution in [3.05, 3.63) is 0 Å². The lowest BCUT2D eigenvalue weighted by molar-refractivity contribution is -0.154. The third-order valence-corrected chi connectivity index (χ3v) is 4.84. The normalized spacial score (nSPS) is 21.8. The molecule has 0 bridgehead atoms. The summed E-state index contributed by atoms with van der Waals surface area (Å²) in [4.78, 5) is 60.5. The lowest BCUT2D eigenvalue weighted by Crippen LogP contribution is -2.42. The van der Waals surface area contributed by atoms with E-state index >= 15 is 0 Å². The highest BCUT2D eigenvalue weighted by Crippen LogP contribution is 2.37. The van der Waals surface area contributed by atoms with Crippen molar-refractivity contribution in [2.45, 2.75) is 46.0 Å². The molecule has 5 amide bonds. The van der Waals surface area contributed by atoms with Crippen molar-refractivity contribution in [1.82, 2.24) is 15.5 Å². The van der Waals surface area contributed by atoms with E-state index in [1.165, 1.54) is 0 Å². The van der Waals surface area contributed by atoms with Crippen LogP contribution in [0.5, 0.6) is 0 Å². The Hall–Kier alpha value is -2.45. The van der Waals surface area contributed by atoms with Gasteiger partial charge in [-0.2, -0.15) is 0 Å². The van der Waals surface area contributed by atoms with Gasteiger partial charge < -0.3 is 10.1 Å². The van der Waals surface area contributed by atoms with E-state index in [4.69, 9.17) is 4.74 Å². The molecule has 1 aliphatic heterocycles. The number of nitrogens with one attached hydrogen (secondary N) is 2. The van der Waals surface area contributed by atoms with Gasteiger partial charge in [0, 0.05) is 6.54 Å². The first-order valence-electron chi connectivity index (χ1n) is 9.38. The molecule has 2 rings (SSSR count). The number of hydrogen-bond acceptors (Lipinski definition) is 6. The van der Waals surface area contributed by atoms with E-state index in [1.807, 2.05) is 19.2 Å². The molecule has 0 unspecified atom stereocenters. The van der Waals surface area contributed by atoms with Crippen molar-refractivity contribution in [3.8, 4) is 0 Å². The van der Waals surface area contributed by atoms with Gasteiger partial charge >= 0.3 is 12.0 Å². The number of carbonyl (C=O) groups excluding carboxylic acids is 5. The van der Waals surface area contributed by atoms with Gasteiger partial charge in [-0.25, -0.2) is 4.79 Å². The number of ether oxygens (including phenoxy) is 1. The van der Waals surface area contributed by atoms with Gasteiger partial charge in [-0.05, 0) is 25.2 Å². The van der Waals surface area contributed by atoms with Gasteiger partial charge in [0.2, 0.25) is 11.8 Å². The highest BCUT2D eigenvalue weighted by Gasteiger charge is 2.48. The number of rotatable bonds is 7. The molecule has 0 radical (unpaired) electrons. The Bertz CT molecular complexity index is 594. The topological polar surface area (TPSA) is 122 Å². The predicted octanol–water partition coefficient (Wildman–Crippen LogP) is 0.577. The maximum atomic E-state index is 12.3. The smallest absolute Gasteiger partial charge is 0.326 e. The van der Waals surface area contributed by atoms with Crippen molar-refractivity contribution in [1.29, 1.82) is 0 Å². The Kier molecular flexibility index (Phi) is 7.32. The van der Waals surface area contributed by atoms with Crippen molar-refractivity contribution >= 4 is 29.7 Å². The maximum absolute atomic E-state index is 12.3. The number of fused-ring (bicyclic) bond motifs is 1. The average molecular weight is 381 g/mol. The number of amides is 5. The number of nitrogens with zero attached hydrogens (tertiary/aromatic N) is 1. The molecule has 2 atom stereocenters. The fraction of sp³-hybridized carbons (Fsp3) is 0.722. The van der Waals surface area contributed by atoms with Crippen LogP contribution in [0.3, 0.4) is 0 Å². The summed E-state index contributed by atoms with van der Waals surface area (Å²) in [5.41, 5.74) is 0. The second kappa shape index (κ2) is 9.48. The van der Waals surface area contributed by atoms with Gasteiger partial charge in [0.25, 0.3) is 5.91 Å². The minimum absolute atomic E-state index is 0.336. The first kappa shape index (κ1) is 20.9. The van der Waals surface area contributed by atoms with E-state index in [9.17, 15) is 24.0 Å². The SMILES string of the molecule is CC(C)CCNC(=O)NC(=O)COC(=O)CN1C(=O)[C@@H]2CCCC[C@H]2C1=O. The summed E-state index contributed by atoms with van der Waals surface area (Å²) in [6, 6.07) is -0.661. The highest BCUT2D eigenvalue weighted by atomic mass is 16.5. The number of esters is 1. The summed E-state index contributed by atoms with van der Waals surface area (Å²) < 4.78 is 4.78.